The van der Waals surface area contributed by atoms with Crippen LogP contribution in [-0.2, 0) is 0 Å². The highest BCUT2D eigenvalue weighted by atomic mass is 15.2. The van der Waals surface area contributed by atoms with E-state index in [0.29, 0.717) is 5.95 Å². The zero-order valence-corrected chi connectivity index (χ0v) is 29.1. The molecule has 12 rings (SSSR count). The molecule has 4 aromatic heterocycles. The number of hydrogen-bond acceptors (Lipinski definition) is 2. The lowest BCUT2D eigenvalue weighted by Crippen LogP contribution is -2.03. The van der Waals surface area contributed by atoms with Crippen LogP contribution in [0, 0.1) is 0 Å². The lowest BCUT2D eigenvalue weighted by Gasteiger charge is -2.12. The summed E-state index contributed by atoms with van der Waals surface area (Å²) in [6.45, 7) is 0. The van der Waals surface area contributed by atoms with E-state index in [-0.39, 0.29) is 0 Å². The van der Waals surface area contributed by atoms with Crippen LogP contribution in [0.15, 0.2) is 182 Å². The van der Waals surface area contributed by atoms with Crippen molar-refractivity contribution in [3.05, 3.63) is 182 Å². The Hall–Kier alpha value is -7.30. The van der Waals surface area contributed by atoms with Crippen molar-refractivity contribution in [2.24, 2.45) is 0 Å². The fourth-order valence-electron chi connectivity index (χ4n) is 8.82. The topological polar surface area (TPSA) is 35.1 Å². The molecule has 0 bridgehead atoms. The zero-order valence-electron chi connectivity index (χ0n) is 29.1. The quantitative estimate of drug-likeness (QED) is 0.185. The highest BCUT2D eigenvalue weighted by Gasteiger charge is 2.21. The van der Waals surface area contributed by atoms with Gasteiger partial charge in [-0.3, -0.25) is 4.57 Å². The first-order valence-electron chi connectivity index (χ1n) is 18.4. The van der Waals surface area contributed by atoms with Crippen molar-refractivity contribution in [1.82, 2.24) is 18.9 Å². The third-order valence-corrected chi connectivity index (χ3v) is 11.2. The van der Waals surface area contributed by atoms with Gasteiger partial charge in [-0.1, -0.05) is 133 Å². The van der Waals surface area contributed by atoms with Gasteiger partial charge in [0.2, 0.25) is 5.95 Å². The Morgan fingerprint density at radius 3 is 1.65 bits per heavy atom. The molecule has 0 radical (unpaired) electrons. The van der Waals surface area contributed by atoms with Crippen LogP contribution in [-0.4, -0.2) is 18.9 Å². The van der Waals surface area contributed by atoms with Gasteiger partial charge in [0.05, 0.1) is 38.8 Å². The smallest absolute Gasteiger partial charge is 0.235 e. The lowest BCUT2D eigenvalue weighted by atomic mass is 9.97. The first kappa shape index (κ1) is 29.3. The average molecular weight is 687 g/mol. The van der Waals surface area contributed by atoms with Gasteiger partial charge in [0.1, 0.15) is 0 Å². The predicted molar refractivity (Wildman–Crippen MR) is 225 cm³/mol. The number of hydrogen-bond donors (Lipinski definition) is 0. The fourth-order valence-corrected chi connectivity index (χ4v) is 8.82. The van der Waals surface area contributed by atoms with Gasteiger partial charge in [0.15, 0.2) is 0 Å². The van der Waals surface area contributed by atoms with Crippen LogP contribution >= 0.6 is 0 Å². The molecule has 0 unspecified atom stereocenters. The highest BCUT2D eigenvalue weighted by molar-refractivity contribution is 6.25. The molecule has 4 heterocycles. The fraction of sp³-hybridized carbons (Fsp3) is 0. The minimum absolute atomic E-state index is 0.667. The van der Waals surface area contributed by atoms with Crippen LogP contribution in [0.2, 0.25) is 0 Å². The largest absolute Gasteiger partial charge is 0.308 e. The minimum Gasteiger partial charge on any atom is -0.308 e. The van der Waals surface area contributed by atoms with E-state index < -0.39 is 0 Å². The predicted octanol–water partition coefficient (Wildman–Crippen LogP) is 12.9. The van der Waals surface area contributed by atoms with E-state index >= 15 is 0 Å². The number of benzene rings is 8. The molecule has 0 amide bonds. The normalized spacial score (nSPS) is 12.1. The SMILES string of the molecule is c1ccc(-c2ccc3c4cc(-c5ccc6c(c5)c5ccccc5n6-c5nc(-c6ccccc6)c6ccccc6n5)cc5c6ccccc6n(c3c2)c54)cc1. The van der Waals surface area contributed by atoms with Gasteiger partial charge in [0, 0.05) is 43.3 Å². The molecule has 0 saturated heterocycles. The first-order valence-corrected chi connectivity index (χ1v) is 18.4. The number of fused-ring (bicyclic) bond motifs is 10. The van der Waals surface area contributed by atoms with Crippen molar-refractivity contribution < 1.29 is 0 Å². The Balaban J connectivity index is 1.09. The number of para-hydroxylation sites is 3. The van der Waals surface area contributed by atoms with Crippen molar-refractivity contribution in [3.8, 4) is 39.5 Å². The van der Waals surface area contributed by atoms with E-state index in [4.69, 9.17) is 9.97 Å². The average Bonchev–Trinajstić information content (AvgIpc) is 3.88. The van der Waals surface area contributed by atoms with Crippen LogP contribution < -0.4 is 0 Å². The van der Waals surface area contributed by atoms with Crippen LogP contribution in [0.25, 0.3) is 110 Å². The Labute approximate surface area is 310 Å². The summed E-state index contributed by atoms with van der Waals surface area (Å²) in [7, 11) is 0. The second kappa shape index (κ2) is 11.1. The van der Waals surface area contributed by atoms with Crippen LogP contribution in [0.3, 0.4) is 0 Å². The molecule has 0 atom stereocenters. The summed E-state index contributed by atoms with van der Waals surface area (Å²) < 4.78 is 4.69. The van der Waals surface area contributed by atoms with Crippen molar-refractivity contribution in [1.29, 1.82) is 0 Å². The summed E-state index contributed by atoms with van der Waals surface area (Å²) in [6, 6.07) is 65.4. The Morgan fingerprint density at radius 1 is 0.315 bits per heavy atom. The summed E-state index contributed by atoms with van der Waals surface area (Å²) >= 11 is 0. The summed E-state index contributed by atoms with van der Waals surface area (Å²) in [5, 5.41) is 8.47. The molecule has 54 heavy (non-hydrogen) atoms. The second-order valence-electron chi connectivity index (χ2n) is 14.2. The highest BCUT2D eigenvalue weighted by Crippen LogP contribution is 2.43. The third-order valence-electron chi connectivity index (χ3n) is 11.2. The molecule has 250 valence electrons. The summed E-state index contributed by atoms with van der Waals surface area (Å²) in [5.74, 6) is 0.667. The standard InChI is InChI=1S/C50H30N4/c1-3-13-31(14-4-1)34-23-25-38-42-29-35(28-41-37-18-9-11-21-44(37)53(49(41)42)47(38)30-34)33-24-26-46-40(27-33)36-17-8-12-22-45(36)54(46)50-51-43-20-10-7-19-39(43)48(52-50)32-15-5-2-6-16-32/h1-30H. The van der Waals surface area contributed by atoms with E-state index in [1.165, 1.54) is 71.1 Å². The molecule has 0 spiro atoms. The molecule has 12 aromatic rings. The van der Waals surface area contributed by atoms with E-state index in [1.54, 1.807) is 0 Å². The van der Waals surface area contributed by atoms with E-state index in [9.17, 15) is 0 Å². The maximum absolute atomic E-state index is 5.28. The Morgan fingerprint density at radius 2 is 0.870 bits per heavy atom. The van der Waals surface area contributed by atoms with Crippen molar-refractivity contribution in [2.45, 2.75) is 0 Å². The van der Waals surface area contributed by atoms with Crippen LogP contribution in [0.5, 0.6) is 0 Å². The monoisotopic (exact) mass is 686 g/mol. The van der Waals surface area contributed by atoms with E-state index in [2.05, 4.69) is 179 Å². The molecule has 0 aliphatic heterocycles. The molecular weight excluding hydrogens is 657 g/mol. The zero-order chi connectivity index (χ0) is 35.3. The first-order chi connectivity index (χ1) is 26.8. The number of rotatable bonds is 4. The van der Waals surface area contributed by atoms with E-state index in [1.807, 2.05) is 12.1 Å². The molecule has 4 nitrogen and oxygen atoms in total. The Kier molecular flexibility index (Phi) is 6.02. The molecule has 0 N–H and O–H groups in total. The van der Waals surface area contributed by atoms with E-state index in [0.717, 1.165) is 33.2 Å². The Bertz CT molecular complexity index is 3430. The maximum Gasteiger partial charge on any atom is 0.235 e. The van der Waals surface area contributed by atoms with Gasteiger partial charge in [-0.2, -0.15) is 0 Å². The van der Waals surface area contributed by atoms with Gasteiger partial charge in [-0.15, -0.1) is 0 Å². The van der Waals surface area contributed by atoms with Crippen molar-refractivity contribution >= 4 is 70.8 Å². The van der Waals surface area contributed by atoms with Crippen molar-refractivity contribution in [2.75, 3.05) is 0 Å². The second-order valence-corrected chi connectivity index (χ2v) is 14.2. The molecule has 4 heteroatoms. The molecule has 0 aliphatic carbocycles. The summed E-state index contributed by atoms with van der Waals surface area (Å²) in [6.07, 6.45) is 0. The molecule has 0 aliphatic rings. The molecular formula is C50H30N4. The van der Waals surface area contributed by atoms with Gasteiger partial charge >= 0.3 is 0 Å². The third kappa shape index (κ3) is 4.13. The van der Waals surface area contributed by atoms with Gasteiger partial charge in [0.25, 0.3) is 0 Å². The van der Waals surface area contributed by atoms with Gasteiger partial charge < -0.3 is 4.40 Å². The maximum atomic E-state index is 5.28. The van der Waals surface area contributed by atoms with Gasteiger partial charge in [-0.05, 0) is 70.8 Å². The van der Waals surface area contributed by atoms with Crippen LogP contribution in [0.1, 0.15) is 0 Å². The summed E-state index contributed by atoms with van der Waals surface area (Å²) in [5.41, 5.74) is 13.7. The minimum atomic E-state index is 0.667. The van der Waals surface area contributed by atoms with Gasteiger partial charge in [-0.25, -0.2) is 9.97 Å². The van der Waals surface area contributed by atoms with Crippen molar-refractivity contribution in [3.63, 3.8) is 0 Å². The summed E-state index contributed by atoms with van der Waals surface area (Å²) in [4.78, 5) is 10.4. The molecule has 0 fully saturated rings. The van der Waals surface area contributed by atoms with Crippen LogP contribution in [0.4, 0.5) is 0 Å². The molecule has 8 aromatic carbocycles. The number of nitrogens with zero attached hydrogens (tertiary/aromatic N) is 4. The lowest BCUT2D eigenvalue weighted by molar-refractivity contribution is 1.01. The number of aromatic nitrogens is 4. The molecule has 0 saturated carbocycles.